The van der Waals surface area contributed by atoms with Crippen molar-refractivity contribution in [3.05, 3.63) is 119 Å². The third kappa shape index (κ3) is 4.64. The molecule has 3 aromatic carbocycles. The van der Waals surface area contributed by atoms with Gasteiger partial charge in [-0.1, -0.05) is 84.4 Å². The minimum atomic E-state index is -0.294. The molecule has 31 heavy (non-hydrogen) atoms. The van der Waals surface area contributed by atoms with Crippen molar-refractivity contribution in [3.8, 4) is 11.3 Å². The molecule has 0 aliphatic carbocycles. The SMILES string of the molecule is CC(=O)c1ccc(-c2ccc(C(=O)NC(c3ccccc3)c3ccc(C)cc3)o2)cc1. The van der Waals surface area contributed by atoms with Crippen molar-refractivity contribution in [3.63, 3.8) is 0 Å². The van der Waals surface area contributed by atoms with Crippen molar-refractivity contribution < 1.29 is 14.0 Å². The molecule has 0 saturated heterocycles. The number of hydrogen-bond acceptors (Lipinski definition) is 3. The van der Waals surface area contributed by atoms with Gasteiger partial charge < -0.3 is 9.73 Å². The number of benzene rings is 3. The van der Waals surface area contributed by atoms with Crippen LogP contribution in [0.5, 0.6) is 0 Å². The lowest BCUT2D eigenvalue weighted by atomic mass is 9.97. The summed E-state index contributed by atoms with van der Waals surface area (Å²) in [5.74, 6) is 0.528. The molecule has 4 nitrogen and oxygen atoms in total. The van der Waals surface area contributed by atoms with Gasteiger partial charge in [0.2, 0.25) is 0 Å². The van der Waals surface area contributed by atoms with Crippen LogP contribution in [0.2, 0.25) is 0 Å². The van der Waals surface area contributed by atoms with Crippen molar-refractivity contribution in [1.82, 2.24) is 5.32 Å². The molecule has 0 aliphatic heterocycles. The average Bonchev–Trinajstić information content (AvgIpc) is 3.29. The minimum Gasteiger partial charge on any atom is -0.451 e. The van der Waals surface area contributed by atoms with E-state index in [1.165, 1.54) is 6.92 Å². The second-order valence-electron chi connectivity index (χ2n) is 7.53. The first-order valence-electron chi connectivity index (χ1n) is 10.1. The molecule has 1 amide bonds. The number of Topliss-reactive ketones (excluding diaryl/α,β-unsaturated/α-hetero) is 1. The summed E-state index contributed by atoms with van der Waals surface area (Å²) in [5.41, 5.74) is 4.59. The Morgan fingerprint density at radius 1 is 0.774 bits per heavy atom. The van der Waals surface area contributed by atoms with Gasteiger partial charge in [-0.3, -0.25) is 9.59 Å². The molecule has 1 heterocycles. The first-order valence-corrected chi connectivity index (χ1v) is 10.1. The summed E-state index contributed by atoms with van der Waals surface area (Å²) in [6.45, 7) is 3.56. The zero-order valence-electron chi connectivity index (χ0n) is 17.5. The van der Waals surface area contributed by atoms with E-state index in [9.17, 15) is 9.59 Å². The Bertz CT molecular complexity index is 1190. The van der Waals surface area contributed by atoms with Gasteiger partial charge in [-0.2, -0.15) is 0 Å². The van der Waals surface area contributed by atoms with E-state index in [0.717, 1.165) is 22.3 Å². The first-order chi connectivity index (χ1) is 15.0. The van der Waals surface area contributed by atoms with Gasteiger partial charge in [0, 0.05) is 11.1 Å². The first kappa shape index (κ1) is 20.4. The second kappa shape index (κ2) is 8.84. The van der Waals surface area contributed by atoms with Gasteiger partial charge in [0.05, 0.1) is 6.04 Å². The van der Waals surface area contributed by atoms with Gasteiger partial charge in [0.1, 0.15) is 5.76 Å². The molecular weight excluding hydrogens is 386 g/mol. The maximum atomic E-state index is 13.0. The Morgan fingerprint density at radius 2 is 1.42 bits per heavy atom. The molecule has 1 aromatic heterocycles. The molecule has 1 N–H and O–H groups in total. The van der Waals surface area contributed by atoms with Crippen molar-refractivity contribution in [2.45, 2.75) is 19.9 Å². The van der Waals surface area contributed by atoms with Crippen LogP contribution in [-0.2, 0) is 0 Å². The number of carbonyl (C=O) groups excluding carboxylic acids is 2. The molecule has 0 radical (unpaired) electrons. The van der Waals surface area contributed by atoms with E-state index < -0.39 is 0 Å². The number of nitrogens with one attached hydrogen (secondary N) is 1. The van der Waals surface area contributed by atoms with Gasteiger partial charge in [0.15, 0.2) is 11.5 Å². The lowest BCUT2D eigenvalue weighted by Crippen LogP contribution is -2.29. The molecule has 0 saturated carbocycles. The zero-order chi connectivity index (χ0) is 21.8. The van der Waals surface area contributed by atoms with Gasteiger partial charge in [0.25, 0.3) is 5.91 Å². The van der Waals surface area contributed by atoms with Crippen molar-refractivity contribution >= 4 is 11.7 Å². The van der Waals surface area contributed by atoms with E-state index >= 15 is 0 Å². The van der Waals surface area contributed by atoms with Crippen LogP contribution in [0.3, 0.4) is 0 Å². The predicted octanol–water partition coefficient (Wildman–Crippen LogP) is 5.98. The zero-order valence-corrected chi connectivity index (χ0v) is 17.5. The predicted molar refractivity (Wildman–Crippen MR) is 121 cm³/mol. The maximum Gasteiger partial charge on any atom is 0.287 e. The molecule has 0 bridgehead atoms. The number of furan rings is 1. The average molecular weight is 409 g/mol. The Hall–Kier alpha value is -3.92. The molecule has 0 aliphatic rings. The van der Waals surface area contributed by atoms with Crippen LogP contribution in [0.1, 0.15) is 50.6 Å². The number of carbonyl (C=O) groups is 2. The highest BCUT2D eigenvalue weighted by atomic mass is 16.3. The number of aryl methyl sites for hydroxylation is 1. The number of ketones is 1. The second-order valence-corrected chi connectivity index (χ2v) is 7.53. The lowest BCUT2D eigenvalue weighted by molar-refractivity contribution is 0.0915. The summed E-state index contributed by atoms with van der Waals surface area (Å²) in [4.78, 5) is 24.5. The molecule has 1 unspecified atom stereocenters. The van der Waals surface area contributed by atoms with E-state index in [0.29, 0.717) is 11.3 Å². The largest absolute Gasteiger partial charge is 0.451 e. The molecule has 0 spiro atoms. The fourth-order valence-corrected chi connectivity index (χ4v) is 3.45. The maximum absolute atomic E-state index is 13.0. The van der Waals surface area contributed by atoms with E-state index in [-0.39, 0.29) is 23.5 Å². The summed E-state index contributed by atoms with van der Waals surface area (Å²) < 4.78 is 5.83. The van der Waals surface area contributed by atoms with Crippen LogP contribution in [0.25, 0.3) is 11.3 Å². The molecule has 0 fully saturated rings. The van der Waals surface area contributed by atoms with Gasteiger partial charge >= 0.3 is 0 Å². The topological polar surface area (TPSA) is 59.3 Å². The number of rotatable bonds is 6. The molecule has 4 aromatic rings. The molecular formula is C27H23NO3. The van der Waals surface area contributed by atoms with Crippen LogP contribution in [-0.4, -0.2) is 11.7 Å². The highest BCUT2D eigenvalue weighted by molar-refractivity contribution is 5.94. The third-order valence-corrected chi connectivity index (χ3v) is 5.22. The summed E-state index contributed by atoms with van der Waals surface area (Å²) in [5, 5.41) is 3.10. The molecule has 154 valence electrons. The normalized spacial score (nSPS) is 11.7. The van der Waals surface area contributed by atoms with Crippen LogP contribution < -0.4 is 5.32 Å². The Labute approximate surface area is 181 Å². The van der Waals surface area contributed by atoms with Crippen LogP contribution in [0.4, 0.5) is 0 Å². The van der Waals surface area contributed by atoms with E-state index in [1.807, 2.05) is 73.7 Å². The summed E-state index contributed by atoms with van der Waals surface area (Å²) >= 11 is 0. The lowest BCUT2D eigenvalue weighted by Gasteiger charge is -2.19. The third-order valence-electron chi connectivity index (χ3n) is 5.22. The van der Waals surface area contributed by atoms with Crippen LogP contribution in [0, 0.1) is 6.92 Å². The summed E-state index contributed by atoms with van der Waals surface area (Å²) in [6.07, 6.45) is 0. The van der Waals surface area contributed by atoms with Gasteiger partial charge in [-0.25, -0.2) is 0 Å². The van der Waals surface area contributed by atoms with Gasteiger partial charge in [-0.15, -0.1) is 0 Å². The van der Waals surface area contributed by atoms with E-state index in [2.05, 4.69) is 5.32 Å². The van der Waals surface area contributed by atoms with E-state index in [1.54, 1.807) is 24.3 Å². The fourth-order valence-electron chi connectivity index (χ4n) is 3.45. The Morgan fingerprint density at radius 3 is 2.06 bits per heavy atom. The fraction of sp³-hybridized carbons (Fsp3) is 0.111. The standard InChI is InChI=1S/C27H23NO3/c1-18-8-10-23(11-9-18)26(22-6-4-3-5-7-22)28-27(30)25-17-16-24(31-25)21-14-12-20(13-15-21)19(2)29/h3-17,26H,1-2H3,(H,28,30). The quantitative estimate of drug-likeness (QED) is 0.399. The summed E-state index contributed by atoms with van der Waals surface area (Å²) in [6, 6.07) is 28.3. The molecule has 4 rings (SSSR count). The Balaban J connectivity index is 1.58. The van der Waals surface area contributed by atoms with Crippen LogP contribution in [0.15, 0.2) is 95.4 Å². The van der Waals surface area contributed by atoms with Gasteiger partial charge in [-0.05, 0) is 37.1 Å². The number of amides is 1. The van der Waals surface area contributed by atoms with Crippen molar-refractivity contribution in [2.24, 2.45) is 0 Å². The van der Waals surface area contributed by atoms with Crippen molar-refractivity contribution in [1.29, 1.82) is 0 Å². The monoisotopic (exact) mass is 409 g/mol. The highest BCUT2D eigenvalue weighted by Gasteiger charge is 2.20. The minimum absolute atomic E-state index is 0.00845. The highest BCUT2D eigenvalue weighted by Crippen LogP contribution is 2.26. The Kier molecular flexibility index (Phi) is 5.80. The van der Waals surface area contributed by atoms with Crippen LogP contribution >= 0.6 is 0 Å². The summed E-state index contributed by atoms with van der Waals surface area (Å²) in [7, 11) is 0. The van der Waals surface area contributed by atoms with E-state index in [4.69, 9.17) is 4.42 Å². The number of hydrogen-bond donors (Lipinski definition) is 1. The smallest absolute Gasteiger partial charge is 0.287 e. The molecule has 4 heteroatoms. The van der Waals surface area contributed by atoms with Crippen molar-refractivity contribution in [2.75, 3.05) is 0 Å². The molecule has 1 atom stereocenters.